The zero-order valence-corrected chi connectivity index (χ0v) is 27.7. The molecule has 1 aliphatic carbocycles. The zero-order valence-electron chi connectivity index (χ0n) is 26.9. The van der Waals surface area contributed by atoms with Crippen molar-refractivity contribution in [1.82, 2.24) is 5.32 Å². The molecule has 1 heterocycles. The Kier molecular flexibility index (Phi) is 11.9. The number of carbonyl (C=O) groups excluding carboxylic acids is 2. The molecule has 0 saturated heterocycles. The minimum absolute atomic E-state index is 0.0253. The van der Waals surface area contributed by atoms with Gasteiger partial charge in [0, 0.05) is 22.9 Å². The van der Waals surface area contributed by atoms with Crippen molar-refractivity contribution in [3.8, 4) is 0 Å². The average molecular weight is 674 g/mol. The van der Waals surface area contributed by atoms with Crippen molar-refractivity contribution in [2.45, 2.75) is 69.4 Å². The number of thiophene rings is 1. The molecular weight excluding hydrogens is 634 g/mol. The Hall–Kier alpha value is -4.84. The van der Waals surface area contributed by atoms with Crippen LogP contribution in [0.3, 0.4) is 0 Å². The number of nitrogens with one attached hydrogen (secondary N) is 1. The van der Waals surface area contributed by atoms with E-state index < -0.39 is 41.7 Å². The third-order valence-electron chi connectivity index (χ3n) is 7.58. The summed E-state index contributed by atoms with van der Waals surface area (Å²) in [4.78, 5) is 47.9. The number of esters is 2. The minimum Gasteiger partial charge on any atom is -0.478 e. The molecule has 0 fully saturated rings. The molecule has 48 heavy (non-hydrogen) atoms. The maximum Gasteiger partial charge on any atom is 0.349 e. The van der Waals surface area contributed by atoms with Gasteiger partial charge < -0.3 is 30.1 Å². The van der Waals surface area contributed by atoms with E-state index in [9.17, 15) is 34.5 Å². The van der Waals surface area contributed by atoms with Crippen LogP contribution >= 0.6 is 11.3 Å². The summed E-state index contributed by atoms with van der Waals surface area (Å²) in [5, 5.41) is 35.8. The van der Waals surface area contributed by atoms with E-state index in [1.807, 2.05) is 17.5 Å². The molecule has 11 heteroatoms. The van der Waals surface area contributed by atoms with Crippen LogP contribution in [0.1, 0.15) is 70.3 Å². The van der Waals surface area contributed by atoms with Crippen molar-refractivity contribution in [2.24, 2.45) is 0 Å². The predicted octanol–water partition coefficient (Wildman–Crippen LogP) is 5.68. The molecule has 0 saturated carbocycles. The van der Waals surface area contributed by atoms with E-state index in [2.05, 4.69) is 50.4 Å². The van der Waals surface area contributed by atoms with Crippen LogP contribution in [0.25, 0.3) is 0 Å². The minimum atomic E-state index is -2.21. The number of ether oxygens (including phenoxy) is 2. The Balaban J connectivity index is 0.000000219. The smallest absolute Gasteiger partial charge is 0.349 e. The fraction of sp³-hybridized carbons (Fsp3) is 0.297. The summed E-state index contributed by atoms with van der Waals surface area (Å²) in [6.45, 7) is 6.57. The quantitative estimate of drug-likeness (QED) is 0.129. The fourth-order valence-electron chi connectivity index (χ4n) is 5.52. The fourth-order valence-corrected chi connectivity index (χ4v) is 6.37. The van der Waals surface area contributed by atoms with Crippen molar-refractivity contribution in [3.63, 3.8) is 0 Å². The van der Waals surface area contributed by atoms with Gasteiger partial charge in [0.05, 0.1) is 11.1 Å². The van der Waals surface area contributed by atoms with Crippen molar-refractivity contribution >= 4 is 35.2 Å². The Morgan fingerprint density at radius 3 is 1.73 bits per heavy atom. The maximum atomic E-state index is 12.0. The van der Waals surface area contributed by atoms with E-state index in [4.69, 9.17) is 9.47 Å². The second-order valence-corrected chi connectivity index (χ2v) is 13.3. The molecule has 0 amide bonds. The first-order chi connectivity index (χ1) is 22.8. The van der Waals surface area contributed by atoms with Gasteiger partial charge >= 0.3 is 23.9 Å². The van der Waals surface area contributed by atoms with Crippen LogP contribution in [0.2, 0.25) is 0 Å². The van der Waals surface area contributed by atoms with E-state index in [-0.39, 0.29) is 16.7 Å². The molecular formula is C37H39NO9S. The number of hydrogen-bond acceptors (Lipinski definition) is 9. The molecule has 3 aromatic carbocycles. The highest BCUT2D eigenvalue weighted by atomic mass is 32.1. The van der Waals surface area contributed by atoms with E-state index in [1.165, 1.54) is 54.1 Å². The Morgan fingerprint density at radius 2 is 1.27 bits per heavy atom. The molecule has 0 aliphatic heterocycles. The molecule has 252 valence electrons. The van der Waals surface area contributed by atoms with E-state index in [0.29, 0.717) is 6.04 Å². The van der Waals surface area contributed by atoms with Crippen molar-refractivity contribution in [1.29, 1.82) is 0 Å². The molecule has 4 aromatic rings. The van der Waals surface area contributed by atoms with Crippen LogP contribution in [0.5, 0.6) is 0 Å². The number of rotatable bonds is 9. The lowest BCUT2D eigenvalue weighted by atomic mass is 9.85. The first-order valence-corrected chi connectivity index (χ1v) is 16.3. The summed E-state index contributed by atoms with van der Waals surface area (Å²) in [6, 6.07) is 27.6. The molecule has 0 bridgehead atoms. The third kappa shape index (κ3) is 9.37. The topological polar surface area (TPSA) is 159 Å². The van der Waals surface area contributed by atoms with Gasteiger partial charge in [0.25, 0.3) is 0 Å². The van der Waals surface area contributed by atoms with Crippen LogP contribution in [-0.2, 0) is 31.1 Å². The highest BCUT2D eigenvalue weighted by Crippen LogP contribution is 2.41. The lowest BCUT2D eigenvalue weighted by Crippen LogP contribution is -2.46. The number of hydrogen-bond donors (Lipinski definition) is 4. The molecule has 5 rings (SSSR count). The van der Waals surface area contributed by atoms with Crippen LogP contribution in [0.15, 0.2) is 102 Å². The maximum absolute atomic E-state index is 12.0. The molecule has 4 N–H and O–H groups in total. The second-order valence-electron chi connectivity index (χ2n) is 12.4. The highest BCUT2D eigenvalue weighted by Gasteiger charge is 2.41. The number of aliphatic carboxylic acids is 2. The number of aliphatic hydroxyl groups is 1. The van der Waals surface area contributed by atoms with Gasteiger partial charge in [-0.15, -0.1) is 11.3 Å². The van der Waals surface area contributed by atoms with Gasteiger partial charge in [-0.3, -0.25) is 0 Å². The van der Waals surface area contributed by atoms with Crippen molar-refractivity contribution < 1.29 is 44.0 Å². The number of carbonyl (C=O) groups is 4. The largest absolute Gasteiger partial charge is 0.478 e. The molecule has 0 radical (unpaired) electrons. The molecule has 10 nitrogen and oxygen atoms in total. The summed E-state index contributed by atoms with van der Waals surface area (Å²) < 4.78 is 9.52. The van der Waals surface area contributed by atoms with E-state index in [0.717, 1.165) is 29.7 Å². The standard InChI is InChI=1S/C19H25NOS.C18H14O8/c1-18(2,3)20-15-11-10-14-7-4-5-8-16(14)19(21,13-15)17-9-6-12-22-17;19-15(20)13(25-17(23)11-7-3-1-4-8-11)14(16(21)22)26-18(24)12-9-5-2-6-10-12/h4-9,12,15,20-21H,10-11,13H2,1-3H3;1-10,13-14H,(H,19,20)(H,21,22)/t15-,19+;/m0./s1. The van der Waals surface area contributed by atoms with E-state index in [1.54, 1.807) is 23.5 Å². The van der Waals surface area contributed by atoms with Gasteiger partial charge in [-0.05, 0) is 80.5 Å². The second kappa shape index (κ2) is 15.8. The lowest BCUT2D eigenvalue weighted by molar-refractivity contribution is -0.166. The summed E-state index contributed by atoms with van der Waals surface area (Å²) in [5.74, 6) is -5.63. The third-order valence-corrected chi connectivity index (χ3v) is 8.60. The Bertz CT molecular complexity index is 1620. The van der Waals surface area contributed by atoms with Gasteiger partial charge in [-0.25, -0.2) is 19.2 Å². The summed E-state index contributed by atoms with van der Waals surface area (Å²) in [6.07, 6.45) is -1.64. The number of carboxylic acids is 2. The van der Waals surface area contributed by atoms with Crippen LogP contribution in [-0.4, -0.2) is 63.0 Å². The van der Waals surface area contributed by atoms with Gasteiger partial charge in [0.15, 0.2) is 0 Å². The van der Waals surface area contributed by atoms with Gasteiger partial charge in [0.1, 0.15) is 5.60 Å². The van der Waals surface area contributed by atoms with Crippen LogP contribution in [0.4, 0.5) is 0 Å². The first kappa shape index (κ1) is 36.0. The molecule has 0 spiro atoms. The van der Waals surface area contributed by atoms with E-state index >= 15 is 0 Å². The number of benzene rings is 3. The average Bonchev–Trinajstić information content (AvgIpc) is 3.57. The molecule has 1 aromatic heterocycles. The molecule has 1 aliphatic rings. The number of fused-ring (bicyclic) bond motifs is 1. The lowest BCUT2D eigenvalue weighted by Gasteiger charge is -2.34. The van der Waals surface area contributed by atoms with Crippen LogP contribution < -0.4 is 5.32 Å². The van der Waals surface area contributed by atoms with Gasteiger partial charge in [0.2, 0.25) is 12.2 Å². The number of carboxylic acid groups (broad SMARTS) is 2. The first-order valence-electron chi connectivity index (χ1n) is 15.4. The normalized spacial score (nSPS) is 18.5. The highest BCUT2D eigenvalue weighted by molar-refractivity contribution is 7.10. The van der Waals surface area contributed by atoms with Crippen LogP contribution in [0, 0.1) is 0 Å². The Labute approximate surface area is 283 Å². The number of aryl methyl sites for hydroxylation is 1. The molecule has 4 atom stereocenters. The van der Waals surface area contributed by atoms with Gasteiger partial charge in [-0.1, -0.05) is 66.7 Å². The summed E-state index contributed by atoms with van der Waals surface area (Å²) >= 11 is 1.64. The monoisotopic (exact) mass is 673 g/mol. The van der Waals surface area contributed by atoms with Gasteiger partial charge in [-0.2, -0.15) is 0 Å². The zero-order chi connectivity index (χ0) is 34.9. The van der Waals surface area contributed by atoms with Crippen molar-refractivity contribution in [2.75, 3.05) is 0 Å². The van der Waals surface area contributed by atoms with Crippen molar-refractivity contribution in [3.05, 3.63) is 130 Å². The Morgan fingerprint density at radius 1 is 0.771 bits per heavy atom. The SMILES string of the molecule is CC(C)(C)N[C@H]1CCc2ccccc2[C@@](O)(c2cccs2)C1.O=C(OC(C(=O)O)C(OC(=O)c1ccccc1)C(=O)O)c1ccccc1. The molecule has 2 unspecified atom stereocenters. The summed E-state index contributed by atoms with van der Waals surface area (Å²) in [5.41, 5.74) is 1.57. The summed E-state index contributed by atoms with van der Waals surface area (Å²) in [7, 11) is 0. The predicted molar refractivity (Wildman–Crippen MR) is 180 cm³/mol.